The van der Waals surface area contributed by atoms with Gasteiger partial charge in [0, 0.05) is 44.7 Å². The van der Waals surface area contributed by atoms with Gasteiger partial charge in [0.15, 0.2) is 0 Å². The fourth-order valence-electron chi connectivity index (χ4n) is 3.89. The molecule has 2 unspecified atom stereocenters. The lowest BCUT2D eigenvalue weighted by Gasteiger charge is -2.49. The van der Waals surface area contributed by atoms with E-state index in [0.29, 0.717) is 37.8 Å². The Balaban J connectivity index is 1.74. The maximum Gasteiger partial charge on any atom is 0.278 e. The van der Waals surface area contributed by atoms with Crippen LogP contribution in [-0.2, 0) is 28.9 Å². The Hall–Kier alpha value is -2.76. The van der Waals surface area contributed by atoms with Crippen molar-refractivity contribution in [3.63, 3.8) is 0 Å². The minimum Gasteiger partial charge on any atom is -0.396 e. The lowest BCUT2D eigenvalue weighted by atomic mass is 9.95. The normalized spacial score (nSPS) is 28.7. The summed E-state index contributed by atoms with van der Waals surface area (Å²) in [5.41, 5.74) is -1.95. The monoisotopic (exact) mass is 464 g/mol. The summed E-state index contributed by atoms with van der Waals surface area (Å²) in [6.45, 7) is 5.91. The third-order valence-electron chi connectivity index (χ3n) is 5.97. The molecule has 0 aliphatic carbocycles. The van der Waals surface area contributed by atoms with Crippen LogP contribution < -0.4 is 10.6 Å². The van der Waals surface area contributed by atoms with Crippen LogP contribution in [0.3, 0.4) is 0 Å². The van der Waals surface area contributed by atoms with Crippen molar-refractivity contribution in [1.82, 2.24) is 20.8 Å². The van der Waals surface area contributed by atoms with Gasteiger partial charge in [-0.1, -0.05) is 18.1 Å². The van der Waals surface area contributed by atoms with E-state index in [1.165, 1.54) is 12.2 Å². The summed E-state index contributed by atoms with van der Waals surface area (Å²) in [5, 5.41) is 16.4. The van der Waals surface area contributed by atoms with Gasteiger partial charge in [-0.3, -0.25) is 19.2 Å². The van der Waals surface area contributed by atoms with Gasteiger partial charge < -0.3 is 15.7 Å². The van der Waals surface area contributed by atoms with Gasteiger partial charge in [0.05, 0.1) is 0 Å². The molecule has 3 aliphatic heterocycles. The van der Waals surface area contributed by atoms with Crippen molar-refractivity contribution in [1.29, 1.82) is 0 Å². The molecule has 3 heterocycles. The molecule has 0 aromatic rings. The van der Waals surface area contributed by atoms with Gasteiger partial charge in [0.1, 0.15) is 0 Å². The first-order valence-electron chi connectivity index (χ1n) is 11.3. The van der Waals surface area contributed by atoms with E-state index in [-0.39, 0.29) is 26.0 Å². The molecule has 0 bridgehead atoms. The molecule has 3 rings (SSSR count). The van der Waals surface area contributed by atoms with Crippen LogP contribution in [0, 0.1) is 0 Å². The van der Waals surface area contributed by atoms with Crippen molar-refractivity contribution < 1.29 is 34.0 Å². The molecule has 3 N–H and O–H groups in total. The number of hydrogen-bond donors (Lipinski definition) is 3. The zero-order chi connectivity index (χ0) is 24.2. The second-order valence-corrected chi connectivity index (χ2v) is 8.64. The fraction of sp³-hybridized carbons (Fsp3) is 0.636. The van der Waals surface area contributed by atoms with E-state index in [4.69, 9.17) is 14.8 Å². The number of aliphatic hydroxyl groups is 1. The fourth-order valence-corrected chi connectivity index (χ4v) is 3.89. The first-order valence-corrected chi connectivity index (χ1v) is 11.3. The topological polar surface area (TPSA) is 138 Å². The predicted octanol–water partition coefficient (Wildman–Crippen LogP) is 0.418. The molecular weight excluding hydrogens is 432 g/mol. The molecule has 2 atom stereocenters. The highest BCUT2D eigenvalue weighted by molar-refractivity contribution is 6.01. The highest BCUT2D eigenvalue weighted by atomic mass is 16.7. The van der Waals surface area contributed by atoms with Crippen LogP contribution in [0.1, 0.15) is 59.3 Å². The smallest absolute Gasteiger partial charge is 0.278 e. The van der Waals surface area contributed by atoms with Crippen LogP contribution in [0.5, 0.6) is 0 Å². The molecule has 11 nitrogen and oxygen atoms in total. The molecule has 0 aromatic carbocycles. The summed E-state index contributed by atoms with van der Waals surface area (Å²) >= 11 is 0. The summed E-state index contributed by atoms with van der Waals surface area (Å²) in [5.74, 6) is -2.17. The quantitative estimate of drug-likeness (QED) is 0.501. The summed E-state index contributed by atoms with van der Waals surface area (Å²) in [6, 6.07) is 0. The van der Waals surface area contributed by atoms with Crippen LogP contribution in [0.4, 0.5) is 0 Å². The van der Waals surface area contributed by atoms with Gasteiger partial charge >= 0.3 is 0 Å². The maximum absolute atomic E-state index is 13.2. The summed E-state index contributed by atoms with van der Waals surface area (Å²) in [7, 11) is 0. The molecule has 3 fully saturated rings. The largest absolute Gasteiger partial charge is 0.396 e. The van der Waals surface area contributed by atoms with Crippen LogP contribution >= 0.6 is 0 Å². The van der Waals surface area contributed by atoms with Gasteiger partial charge in [0.2, 0.25) is 11.4 Å². The second-order valence-electron chi connectivity index (χ2n) is 8.64. The third kappa shape index (κ3) is 5.26. The Bertz CT molecular complexity index is 886. The van der Waals surface area contributed by atoms with E-state index in [0.717, 1.165) is 15.7 Å². The minimum absolute atomic E-state index is 0.0890. The van der Waals surface area contributed by atoms with Crippen molar-refractivity contribution in [2.75, 3.05) is 19.7 Å². The maximum atomic E-state index is 13.2. The van der Waals surface area contributed by atoms with Crippen molar-refractivity contribution >= 4 is 23.6 Å². The van der Waals surface area contributed by atoms with Gasteiger partial charge in [-0.25, -0.2) is 19.8 Å². The number of nitrogens with one attached hydrogen (secondary N) is 2. The van der Waals surface area contributed by atoms with Crippen molar-refractivity contribution in [3.05, 3.63) is 23.3 Å². The summed E-state index contributed by atoms with van der Waals surface area (Å²) in [6.07, 6.45) is 5.05. The Kier molecular flexibility index (Phi) is 7.55. The van der Waals surface area contributed by atoms with E-state index in [9.17, 15) is 19.2 Å². The first kappa shape index (κ1) is 24.9. The molecule has 0 saturated carbocycles. The number of carbonyl (C=O) groups is 4. The number of hydrogen-bond acceptors (Lipinski definition) is 7. The van der Waals surface area contributed by atoms with E-state index >= 15 is 0 Å². The van der Waals surface area contributed by atoms with Crippen molar-refractivity contribution in [2.45, 2.75) is 70.7 Å². The Morgan fingerprint density at radius 3 is 1.82 bits per heavy atom. The number of carbonyl (C=O) groups excluding carboxylic acids is 4. The average Bonchev–Trinajstić information content (AvgIpc) is 2.78. The number of hydroxylamine groups is 4. The molecule has 33 heavy (non-hydrogen) atoms. The van der Waals surface area contributed by atoms with Crippen LogP contribution in [0.25, 0.3) is 0 Å². The molecular formula is C22H32N4O7. The molecule has 11 heteroatoms. The number of rotatable bonds is 5. The molecule has 0 aromatic heterocycles. The van der Waals surface area contributed by atoms with Crippen molar-refractivity contribution in [2.24, 2.45) is 0 Å². The van der Waals surface area contributed by atoms with Crippen LogP contribution in [-0.4, -0.2) is 70.0 Å². The molecule has 182 valence electrons. The standard InChI is InChI=1S/C22H32N4O7/c1-4-15(2)13-17(28)25-10-5-8-21(32-25)19(30)24-22(20(31)23-21)9-6-11-26(33-22)18(29)14-16(3)7-12-27/h13-14,27H,4-12H2,1-3H3,(H,23,31)(H,24,30)/b15-13+,16-14+. The number of allylic oxidation sites excluding steroid dienone is 1. The Morgan fingerprint density at radius 2 is 1.39 bits per heavy atom. The first-order chi connectivity index (χ1) is 15.6. The highest BCUT2D eigenvalue weighted by Crippen LogP contribution is 2.33. The lowest BCUT2D eigenvalue weighted by Crippen LogP contribution is -2.79. The predicted molar refractivity (Wildman–Crippen MR) is 115 cm³/mol. The van der Waals surface area contributed by atoms with E-state index < -0.39 is 35.1 Å². The van der Waals surface area contributed by atoms with Crippen LogP contribution in [0.15, 0.2) is 23.3 Å². The van der Waals surface area contributed by atoms with E-state index in [1.807, 2.05) is 13.8 Å². The number of amides is 4. The van der Waals surface area contributed by atoms with Crippen molar-refractivity contribution in [3.8, 4) is 0 Å². The minimum atomic E-state index is -1.75. The lowest BCUT2D eigenvalue weighted by molar-refractivity contribution is -0.290. The molecule has 0 radical (unpaired) electrons. The Labute approximate surface area is 192 Å². The molecule has 4 amide bonds. The van der Waals surface area contributed by atoms with Gasteiger partial charge in [-0.15, -0.1) is 0 Å². The zero-order valence-electron chi connectivity index (χ0n) is 19.3. The van der Waals surface area contributed by atoms with E-state index in [2.05, 4.69) is 10.6 Å². The van der Waals surface area contributed by atoms with Gasteiger partial charge in [-0.05, 0) is 39.5 Å². The van der Waals surface area contributed by atoms with Crippen LogP contribution in [0.2, 0.25) is 0 Å². The zero-order valence-corrected chi connectivity index (χ0v) is 19.3. The third-order valence-corrected chi connectivity index (χ3v) is 5.97. The highest BCUT2D eigenvalue weighted by Gasteiger charge is 2.59. The summed E-state index contributed by atoms with van der Waals surface area (Å²) < 4.78 is 0. The number of nitrogens with zero attached hydrogens (tertiary/aromatic N) is 2. The molecule has 3 saturated heterocycles. The second kappa shape index (κ2) is 10.0. The van der Waals surface area contributed by atoms with Gasteiger partial charge in [-0.2, -0.15) is 0 Å². The van der Waals surface area contributed by atoms with Gasteiger partial charge in [0.25, 0.3) is 23.6 Å². The van der Waals surface area contributed by atoms with E-state index in [1.54, 1.807) is 6.92 Å². The number of piperazine rings is 1. The molecule has 2 spiro atoms. The Morgan fingerprint density at radius 1 is 0.939 bits per heavy atom. The molecule has 3 aliphatic rings. The summed E-state index contributed by atoms with van der Waals surface area (Å²) in [4.78, 5) is 62.8. The average molecular weight is 465 g/mol. The number of aliphatic hydroxyl groups excluding tert-OH is 1. The SMILES string of the molecule is CC/C(C)=C/C(=O)N1CCCC2(NC(=O)C3(CCCN(C(=O)/C=C(\C)CCO)O3)NC2=O)O1.